The van der Waals surface area contributed by atoms with E-state index in [-0.39, 0.29) is 5.92 Å². The maximum Gasteiger partial charge on any atom is 0.147 e. The van der Waals surface area contributed by atoms with E-state index in [9.17, 15) is 0 Å². The summed E-state index contributed by atoms with van der Waals surface area (Å²) in [5.41, 5.74) is 12.7. The Kier molecular flexibility index (Phi) is 4.03. The van der Waals surface area contributed by atoms with Crippen molar-refractivity contribution in [1.82, 2.24) is 5.16 Å². The average molecular weight is 339 g/mol. The first-order valence-corrected chi connectivity index (χ1v) is 8.65. The maximum atomic E-state index is 6.31. The summed E-state index contributed by atoms with van der Waals surface area (Å²) in [6.45, 7) is 0. The van der Waals surface area contributed by atoms with Crippen molar-refractivity contribution in [3.63, 3.8) is 0 Å². The molecule has 122 valence electrons. The second kappa shape index (κ2) is 6.33. The molecule has 1 unspecified atom stereocenters. The predicted molar refractivity (Wildman–Crippen MR) is 96.4 cm³/mol. The highest BCUT2D eigenvalue weighted by Gasteiger charge is 2.26. The Labute approximate surface area is 146 Å². The number of aryl methyl sites for hydroxylation is 1. The molecule has 1 heterocycles. The predicted octanol–water partition coefficient (Wildman–Crippen LogP) is 4.97. The van der Waals surface area contributed by atoms with E-state index in [4.69, 9.17) is 21.9 Å². The third-order valence-electron chi connectivity index (χ3n) is 4.83. The highest BCUT2D eigenvalue weighted by atomic mass is 35.5. The van der Waals surface area contributed by atoms with E-state index in [1.807, 2.05) is 18.2 Å². The molecule has 1 aliphatic rings. The number of nitrogens with two attached hydrogens (primary N) is 1. The topological polar surface area (TPSA) is 52.0 Å². The minimum atomic E-state index is 0.221. The molecule has 0 radical (unpaired) electrons. The number of aromatic nitrogens is 1. The fourth-order valence-electron chi connectivity index (χ4n) is 3.62. The van der Waals surface area contributed by atoms with Gasteiger partial charge in [-0.05, 0) is 54.0 Å². The van der Waals surface area contributed by atoms with Crippen LogP contribution in [0.2, 0.25) is 5.02 Å². The fraction of sp³-hybridized carbons (Fsp3) is 0.250. The van der Waals surface area contributed by atoms with Crippen molar-refractivity contribution in [2.45, 2.75) is 31.6 Å². The lowest BCUT2D eigenvalue weighted by Crippen LogP contribution is -2.13. The van der Waals surface area contributed by atoms with E-state index in [1.165, 1.54) is 23.0 Å². The number of hydrogen-bond acceptors (Lipinski definition) is 3. The molecule has 0 bridgehead atoms. The van der Waals surface area contributed by atoms with Crippen LogP contribution in [0.3, 0.4) is 0 Å². The highest BCUT2D eigenvalue weighted by Crippen LogP contribution is 2.39. The van der Waals surface area contributed by atoms with Gasteiger partial charge in [-0.25, -0.2) is 0 Å². The first-order chi connectivity index (χ1) is 11.7. The number of fused-ring (bicyclic) bond motifs is 1. The van der Waals surface area contributed by atoms with Crippen LogP contribution in [0.15, 0.2) is 53.3 Å². The fourth-order valence-corrected chi connectivity index (χ4v) is 3.82. The lowest BCUT2D eigenvalue weighted by Gasteiger charge is -2.25. The molecule has 0 saturated carbocycles. The number of anilines is 1. The zero-order chi connectivity index (χ0) is 16.5. The zero-order valence-electron chi connectivity index (χ0n) is 13.3. The molecular weight excluding hydrogens is 320 g/mol. The van der Waals surface area contributed by atoms with Crippen molar-refractivity contribution in [2.24, 2.45) is 0 Å². The molecule has 0 aliphatic heterocycles. The quantitative estimate of drug-likeness (QED) is 0.733. The van der Waals surface area contributed by atoms with Gasteiger partial charge >= 0.3 is 0 Å². The van der Waals surface area contributed by atoms with Crippen LogP contribution in [-0.4, -0.2) is 5.16 Å². The standard InChI is InChI=1S/C20H19ClN2O/c21-18-7-2-1-4-15(18)10-13-8-9-14-5-3-6-16(17(14)11-13)20-19(22)12-24-23-20/h1-2,4,7-9,11-12,16H,3,5-6,10,22H2. The highest BCUT2D eigenvalue weighted by molar-refractivity contribution is 6.31. The molecule has 1 aliphatic carbocycles. The van der Waals surface area contributed by atoms with Crippen molar-refractivity contribution in [3.05, 3.63) is 81.7 Å². The summed E-state index contributed by atoms with van der Waals surface area (Å²) in [4.78, 5) is 0. The van der Waals surface area contributed by atoms with Gasteiger partial charge in [-0.2, -0.15) is 0 Å². The third-order valence-corrected chi connectivity index (χ3v) is 5.20. The van der Waals surface area contributed by atoms with E-state index < -0.39 is 0 Å². The molecule has 1 atom stereocenters. The first kappa shape index (κ1) is 15.3. The summed E-state index contributed by atoms with van der Waals surface area (Å²) in [5, 5.41) is 4.96. The zero-order valence-corrected chi connectivity index (χ0v) is 14.1. The Hall–Kier alpha value is -2.26. The van der Waals surface area contributed by atoms with E-state index in [2.05, 4.69) is 29.4 Å². The van der Waals surface area contributed by atoms with Crippen molar-refractivity contribution < 1.29 is 4.52 Å². The molecule has 2 N–H and O–H groups in total. The van der Waals surface area contributed by atoms with Gasteiger partial charge in [0.15, 0.2) is 0 Å². The summed E-state index contributed by atoms with van der Waals surface area (Å²) in [6.07, 6.45) is 5.66. The molecule has 0 saturated heterocycles. The molecule has 2 aromatic carbocycles. The number of nitrogen functional groups attached to an aromatic ring is 1. The van der Waals surface area contributed by atoms with Crippen molar-refractivity contribution in [1.29, 1.82) is 0 Å². The summed E-state index contributed by atoms with van der Waals surface area (Å²) >= 11 is 6.31. The Balaban J connectivity index is 1.71. The van der Waals surface area contributed by atoms with E-state index in [0.717, 1.165) is 42.0 Å². The Morgan fingerprint density at radius 2 is 2.08 bits per heavy atom. The second-order valence-corrected chi connectivity index (χ2v) is 6.81. The van der Waals surface area contributed by atoms with Crippen LogP contribution < -0.4 is 5.73 Å². The van der Waals surface area contributed by atoms with Crippen LogP contribution in [0.4, 0.5) is 5.69 Å². The minimum Gasteiger partial charge on any atom is -0.395 e. The molecule has 0 spiro atoms. The second-order valence-electron chi connectivity index (χ2n) is 6.40. The molecular formula is C20H19ClN2O. The molecule has 1 aromatic heterocycles. The number of hydrogen-bond donors (Lipinski definition) is 1. The molecule has 3 aromatic rings. The smallest absolute Gasteiger partial charge is 0.147 e. The first-order valence-electron chi connectivity index (χ1n) is 8.27. The van der Waals surface area contributed by atoms with Gasteiger partial charge in [0.2, 0.25) is 0 Å². The lowest BCUT2D eigenvalue weighted by atomic mass is 9.79. The Bertz CT molecular complexity index is 872. The number of benzene rings is 2. The minimum absolute atomic E-state index is 0.221. The number of rotatable bonds is 3. The Morgan fingerprint density at radius 1 is 1.21 bits per heavy atom. The molecule has 4 rings (SSSR count). The summed E-state index contributed by atoms with van der Waals surface area (Å²) < 4.78 is 5.06. The van der Waals surface area contributed by atoms with E-state index in [0.29, 0.717) is 5.69 Å². The van der Waals surface area contributed by atoms with Crippen LogP contribution in [0.1, 0.15) is 46.7 Å². The SMILES string of the molecule is Nc1conc1C1CCCc2ccc(Cc3ccccc3Cl)cc21. The number of nitrogens with zero attached hydrogens (tertiary/aromatic N) is 1. The molecule has 4 heteroatoms. The van der Waals surface area contributed by atoms with E-state index in [1.54, 1.807) is 0 Å². The lowest BCUT2D eigenvalue weighted by molar-refractivity contribution is 0.404. The van der Waals surface area contributed by atoms with Gasteiger partial charge in [0, 0.05) is 10.9 Å². The van der Waals surface area contributed by atoms with Gasteiger partial charge in [-0.3, -0.25) is 0 Å². The summed E-state index contributed by atoms with van der Waals surface area (Å²) in [6, 6.07) is 14.7. The van der Waals surface area contributed by atoms with Crippen molar-refractivity contribution in [2.75, 3.05) is 5.73 Å². The maximum absolute atomic E-state index is 6.31. The van der Waals surface area contributed by atoms with Crippen molar-refractivity contribution in [3.8, 4) is 0 Å². The molecule has 3 nitrogen and oxygen atoms in total. The van der Waals surface area contributed by atoms with Gasteiger partial charge in [-0.1, -0.05) is 53.2 Å². The van der Waals surface area contributed by atoms with Crippen LogP contribution in [0, 0.1) is 0 Å². The van der Waals surface area contributed by atoms with Gasteiger partial charge < -0.3 is 10.3 Å². The summed E-state index contributed by atoms with van der Waals surface area (Å²) in [7, 11) is 0. The van der Waals surface area contributed by atoms with Crippen LogP contribution in [0.25, 0.3) is 0 Å². The van der Waals surface area contributed by atoms with Gasteiger partial charge in [-0.15, -0.1) is 0 Å². The molecule has 0 amide bonds. The van der Waals surface area contributed by atoms with Crippen LogP contribution >= 0.6 is 11.6 Å². The van der Waals surface area contributed by atoms with Gasteiger partial charge in [0.1, 0.15) is 12.0 Å². The van der Waals surface area contributed by atoms with Crippen LogP contribution in [0.5, 0.6) is 0 Å². The largest absolute Gasteiger partial charge is 0.395 e. The van der Waals surface area contributed by atoms with Gasteiger partial charge in [0.25, 0.3) is 0 Å². The molecule has 24 heavy (non-hydrogen) atoms. The average Bonchev–Trinajstić information content (AvgIpc) is 3.02. The normalized spacial score (nSPS) is 16.8. The van der Waals surface area contributed by atoms with E-state index >= 15 is 0 Å². The van der Waals surface area contributed by atoms with Crippen molar-refractivity contribution >= 4 is 17.3 Å². The van der Waals surface area contributed by atoms with Crippen LogP contribution in [-0.2, 0) is 12.8 Å². The molecule has 0 fully saturated rings. The third kappa shape index (κ3) is 2.80. The monoisotopic (exact) mass is 338 g/mol. The summed E-state index contributed by atoms with van der Waals surface area (Å²) in [5.74, 6) is 0.221. The Morgan fingerprint density at radius 3 is 2.88 bits per heavy atom. The number of halogens is 1. The van der Waals surface area contributed by atoms with Gasteiger partial charge in [0.05, 0.1) is 5.69 Å².